The predicted octanol–water partition coefficient (Wildman–Crippen LogP) is 2.86. The van der Waals surface area contributed by atoms with Gasteiger partial charge in [-0.25, -0.2) is 17.9 Å². The molecule has 1 aromatic rings. The predicted molar refractivity (Wildman–Crippen MR) is 82.8 cm³/mol. The van der Waals surface area contributed by atoms with Crippen LogP contribution in [0.4, 0.5) is 0 Å². The molecule has 21 heavy (non-hydrogen) atoms. The van der Waals surface area contributed by atoms with Gasteiger partial charge in [0, 0.05) is 10.5 Å². The Morgan fingerprint density at radius 3 is 2.52 bits per heavy atom. The van der Waals surface area contributed by atoms with E-state index in [-0.39, 0.29) is 22.4 Å². The van der Waals surface area contributed by atoms with Crippen molar-refractivity contribution in [3.05, 3.63) is 28.2 Å². The van der Waals surface area contributed by atoms with Crippen molar-refractivity contribution in [1.82, 2.24) is 4.72 Å². The second-order valence-electron chi connectivity index (χ2n) is 5.59. The highest BCUT2D eigenvalue weighted by Crippen LogP contribution is 2.33. The van der Waals surface area contributed by atoms with E-state index < -0.39 is 16.0 Å². The Morgan fingerprint density at radius 1 is 1.33 bits per heavy atom. The van der Waals surface area contributed by atoms with Gasteiger partial charge >= 0.3 is 5.97 Å². The number of carbonyl (C=O) groups is 1. The normalized spacial score (nSPS) is 26.0. The van der Waals surface area contributed by atoms with Crippen molar-refractivity contribution in [3.63, 3.8) is 0 Å². The van der Waals surface area contributed by atoms with Gasteiger partial charge in [-0.15, -0.1) is 0 Å². The molecule has 0 spiro atoms. The van der Waals surface area contributed by atoms with Crippen LogP contribution in [-0.2, 0) is 10.0 Å². The summed E-state index contributed by atoms with van der Waals surface area (Å²) < 4.78 is 28.1. The van der Waals surface area contributed by atoms with Gasteiger partial charge in [-0.05, 0) is 58.8 Å². The lowest BCUT2D eigenvalue weighted by Gasteiger charge is -2.20. The first-order chi connectivity index (χ1) is 9.72. The molecule has 5 nitrogen and oxygen atoms in total. The summed E-state index contributed by atoms with van der Waals surface area (Å²) in [6, 6.07) is 3.88. The first-order valence-electron chi connectivity index (χ1n) is 6.77. The number of carboxylic acid groups (broad SMARTS) is 1. The van der Waals surface area contributed by atoms with Crippen LogP contribution in [0.1, 0.15) is 37.0 Å². The van der Waals surface area contributed by atoms with Crippen LogP contribution < -0.4 is 4.72 Å². The van der Waals surface area contributed by atoms with Crippen LogP contribution in [-0.4, -0.2) is 25.5 Å². The fraction of sp³-hybridized carbons (Fsp3) is 0.500. The molecule has 0 aliphatic heterocycles. The SMILES string of the molecule is CC1CCC(NS(=O)(=O)c2cc(C(=O)O)ccc2Br)C1C. The summed E-state index contributed by atoms with van der Waals surface area (Å²) in [4.78, 5) is 11.0. The lowest BCUT2D eigenvalue weighted by Crippen LogP contribution is -2.37. The maximum absolute atomic E-state index is 12.5. The first-order valence-corrected chi connectivity index (χ1v) is 9.05. The Kier molecular flexibility index (Phi) is 4.75. The minimum atomic E-state index is -3.75. The topological polar surface area (TPSA) is 83.5 Å². The molecule has 3 atom stereocenters. The lowest BCUT2D eigenvalue weighted by molar-refractivity contribution is 0.0696. The van der Waals surface area contributed by atoms with Crippen LogP contribution in [0.25, 0.3) is 0 Å². The highest BCUT2D eigenvalue weighted by Gasteiger charge is 2.33. The molecule has 1 aliphatic rings. The number of sulfonamides is 1. The van der Waals surface area contributed by atoms with E-state index in [1.165, 1.54) is 18.2 Å². The van der Waals surface area contributed by atoms with Gasteiger partial charge in [0.05, 0.1) is 10.5 Å². The Labute approximate surface area is 132 Å². The minimum Gasteiger partial charge on any atom is -0.478 e. The smallest absolute Gasteiger partial charge is 0.335 e. The molecule has 1 aliphatic carbocycles. The highest BCUT2D eigenvalue weighted by atomic mass is 79.9. The summed E-state index contributed by atoms with van der Waals surface area (Å²) in [6.45, 7) is 4.15. The third kappa shape index (κ3) is 3.46. The largest absolute Gasteiger partial charge is 0.478 e. The van der Waals surface area contributed by atoms with E-state index in [9.17, 15) is 13.2 Å². The molecule has 0 heterocycles. The third-order valence-corrected chi connectivity index (χ3v) is 6.72. The summed E-state index contributed by atoms with van der Waals surface area (Å²) >= 11 is 3.18. The number of carboxylic acids is 1. The van der Waals surface area contributed by atoms with Crippen LogP contribution >= 0.6 is 15.9 Å². The van der Waals surface area contributed by atoms with E-state index in [0.29, 0.717) is 10.4 Å². The molecule has 0 radical (unpaired) electrons. The van der Waals surface area contributed by atoms with Gasteiger partial charge in [-0.1, -0.05) is 13.8 Å². The van der Waals surface area contributed by atoms with E-state index in [4.69, 9.17) is 5.11 Å². The third-order valence-electron chi connectivity index (χ3n) is 4.24. The molecule has 0 amide bonds. The van der Waals surface area contributed by atoms with Crippen molar-refractivity contribution in [1.29, 1.82) is 0 Å². The van der Waals surface area contributed by atoms with Crippen LogP contribution in [0.2, 0.25) is 0 Å². The zero-order valence-electron chi connectivity index (χ0n) is 11.8. The Morgan fingerprint density at radius 2 is 2.00 bits per heavy atom. The van der Waals surface area contributed by atoms with Crippen molar-refractivity contribution in [2.45, 2.75) is 37.6 Å². The zero-order valence-corrected chi connectivity index (χ0v) is 14.2. The number of halogens is 1. The quantitative estimate of drug-likeness (QED) is 0.847. The molecule has 116 valence electrons. The average Bonchev–Trinajstić information content (AvgIpc) is 2.70. The highest BCUT2D eigenvalue weighted by molar-refractivity contribution is 9.10. The van der Waals surface area contributed by atoms with Crippen molar-refractivity contribution in [2.24, 2.45) is 11.8 Å². The minimum absolute atomic E-state index is 0.0332. The molecule has 2 N–H and O–H groups in total. The van der Waals surface area contributed by atoms with Gasteiger partial charge in [0.2, 0.25) is 10.0 Å². The molecule has 0 saturated heterocycles. The van der Waals surface area contributed by atoms with Gasteiger partial charge in [-0.2, -0.15) is 0 Å². The number of aromatic carboxylic acids is 1. The second-order valence-corrected chi connectivity index (χ2v) is 8.13. The summed E-state index contributed by atoms with van der Waals surface area (Å²) in [5.41, 5.74) is -0.0496. The zero-order chi connectivity index (χ0) is 15.8. The van der Waals surface area contributed by atoms with Gasteiger partial charge in [0.15, 0.2) is 0 Å². The molecule has 1 fully saturated rings. The van der Waals surface area contributed by atoms with Gasteiger partial charge in [0.1, 0.15) is 0 Å². The van der Waals surface area contributed by atoms with Crippen molar-refractivity contribution >= 4 is 31.9 Å². The molecule has 1 saturated carbocycles. The Hall–Kier alpha value is -0.920. The van der Waals surface area contributed by atoms with Crippen LogP contribution in [0.15, 0.2) is 27.6 Å². The van der Waals surface area contributed by atoms with Crippen LogP contribution in [0.5, 0.6) is 0 Å². The van der Waals surface area contributed by atoms with E-state index in [0.717, 1.165) is 12.8 Å². The summed E-state index contributed by atoms with van der Waals surface area (Å²) in [7, 11) is -3.75. The van der Waals surface area contributed by atoms with Gasteiger partial charge in [0.25, 0.3) is 0 Å². The molecule has 0 bridgehead atoms. The number of benzene rings is 1. The van der Waals surface area contributed by atoms with Crippen LogP contribution in [0, 0.1) is 11.8 Å². The molecule has 3 unspecified atom stereocenters. The maximum atomic E-state index is 12.5. The summed E-state index contributed by atoms with van der Waals surface area (Å²) in [5.74, 6) is -0.408. The molecule has 1 aromatic carbocycles. The number of nitrogens with one attached hydrogen (secondary N) is 1. The van der Waals surface area contributed by atoms with Crippen LogP contribution in [0.3, 0.4) is 0 Å². The van der Waals surface area contributed by atoms with Gasteiger partial charge < -0.3 is 5.11 Å². The number of hydrogen-bond acceptors (Lipinski definition) is 3. The molecular weight excluding hydrogens is 358 g/mol. The fourth-order valence-electron chi connectivity index (χ4n) is 2.64. The first kappa shape index (κ1) is 16.5. The Bertz CT molecular complexity index is 659. The number of hydrogen-bond donors (Lipinski definition) is 2. The maximum Gasteiger partial charge on any atom is 0.335 e. The van der Waals surface area contributed by atoms with Crippen molar-refractivity contribution < 1.29 is 18.3 Å². The van der Waals surface area contributed by atoms with Gasteiger partial charge in [-0.3, -0.25) is 0 Å². The fourth-order valence-corrected chi connectivity index (χ4v) is 4.99. The van der Waals surface area contributed by atoms with E-state index >= 15 is 0 Å². The number of rotatable bonds is 4. The van der Waals surface area contributed by atoms with Crippen molar-refractivity contribution in [3.8, 4) is 0 Å². The molecule has 0 aromatic heterocycles. The lowest BCUT2D eigenvalue weighted by atomic mass is 9.98. The Balaban J connectivity index is 2.31. The standard InChI is InChI=1S/C14H18BrNO4S/c1-8-3-6-12(9(8)2)16-21(19,20)13-7-10(14(17)18)4-5-11(13)15/h4-5,7-9,12,16H,3,6H2,1-2H3,(H,17,18). The molecular formula is C14H18BrNO4S. The van der Waals surface area contributed by atoms with Crippen molar-refractivity contribution in [2.75, 3.05) is 0 Å². The van der Waals surface area contributed by atoms with E-state index in [2.05, 4.69) is 27.6 Å². The van der Waals surface area contributed by atoms with E-state index in [1.54, 1.807) is 0 Å². The molecule has 7 heteroatoms. The summed E-state index contributed by atoms with van der Waals surface area (Å²) in [5, 5.41) is 9.00. The average molecular weight is 376 g/mol. The monoisotopic (exact) mass is 375 g/mol. The van der Waals surface area contributed by atoms with E-state index in [1.807, 2.05) is 6.92 Å². The second kappa shape index (κ2) is 6.06. The summed E-state index contributed by atoms with van der Waals surface area (Å²) in [6.07, 6.45) is 1.79. The molecule has 2 rings (SSSR count).